The first-order valence-corrected chi connectivity index (χ1v) is 8.49. The number of nitrogens with one attached hydrogen (secondary N) is 1. The number of carbonyl (C=O) groups is 1. The maximum absolute atomic E-state index is 12.1. The molecule has 0 bridgehead atoms. The molecule has 0 heterocycles. The van der Waals surface area contributed by atoms with Gasteiger partial charge in [0.15, 0.2) is 9.84 Å². The van der Waals surface area contributed by atoms with Crippen LogP contribution in [-0.2, 0) is 14.6 Å². The van der Waals surface area contributed by atoms with E-state index in [1.807, 2.05) is 37.3 Å². The van der Waals surface area contributed by atoms with Crippen LogP contribution in [0, 0.1) is 5.92 Å². The van der Waals surface area contributed by atoms with Crippen LogP contribution in [-0.4, -0.2) is 27.1 Å². The van der Waals surface area contributed by atoms with Crippen molar-refractivity contribution >= 4 is 21.8 Å². The Morgan fingerprint density at radius 1 is 1.30 bits per heavy atom. The minimum atomic E-state index is -3.21. The Morgan fingerprint density at radius 3 is 2.55 bits per heavy atom. The first-order valence-electron chi connectivity index (χ1n) is 6.53. The standard InChI is InChI=1S/C15H19NO3S/c1-10-13(9-16-11(2)17)8-12-6-4-5-7-14(12)15(10)20(3,18)19/h4-8,10,15H,9H2,1-3H3,(H,16,17)/t10-,15?/m1/s1. The van der Waals surface area contributed by atoms with Crippen LogP contribution in [0.15, 0.2) is 29.8 Å². The number of hydrogen-bond donors (Lipinski definition) is 1. The lowest BCUT2D eigenvalue weighted by atomic mass is 9.84. The van der Waals surface area contributed by atoms with Crippen molar-refractivity contribution in [2.24, 2.45) is 5.92 Å². The molecule has 0 aliphatic heterocycles. The molecule has 1 aromatic carbocycles. The minimum Gasteiger partial charge on any atom is -0.353 e. The number of fused-ring (bicyclic) bond motifs is 1. The summed E-state index contributed by atoms with van der Waals surface area (Å²) in [5, 5.41) is 2.20. The molecule has 2 rings (SSSR count). The summed E-state index contributed by atoms with van der Waals surface area (Å²) in [6.07, 6.45) is 3.25. The van der Waals surface area contributed by atoms with Crippen LogP contribution in [0.2, 0.25) is 0 Å². The van der Waals surface area contributed by atoms with Gasteiger partial charge in [0.2, 0.25) is 5.91 Å². The fourth-order valence-electron chi connectivity index (χ4n) is 2.74. The Labute approximate surface area is 119 Å². The highest BCUT2D eigenvalue weighted by molar-refractivity contribution is 7.91. The highest BCUT2D eigenvalue weighted by atomic mass is 32.2. The molecule has 1 aliphatic carbocycles. The van der Waals surface area contributed by atoms with Crippen molar-refractivity contribution < 1.29 is 13.2 Å². The lowest BCUT2D eigenvalue weighted by molar-refractivity contribution is -0.118. The SMILES string of the molecule is CC(=O)NCC1=Cc2ccccc2C(S(C)(=O)=O)[C@@H]1C. The Kier molecular flexibility index (Phi) is 3.99. The molecule has 1 amide bonds. The molecule has 0 spiro atoms. The molecule has 108 valence electrons. The fourth-order valence-corrected chi connectivity index (χ4v) is 4.33. The Bertz CT molecular complexity index is 661. The molecule has 1 aliphatic rings. The second-order valence-corrected chi connectivity index (χ2v) is 7.46. The quantitative estimate of drug-likeness (QED) is 0.926. The number of amides is 1. The lowest BCUT2D eigenvalue weighted by Gasteiger charge is -2.31. The van der Waals surface area contributed by atoms with Crippen molar-refractivity contribution in [1.29, 1.82) is 0 Å². The van der Waals surface area contributed by atoms with Crippen LogP contribution < -0.4 is 5.32 Å². The van der Waals surface area contributed by atoms with Crippen molar-refractivity contribution in [1.82, 2.24) is 5.32 Å². The first kappa shape index (κ1) is 14.8. The smallest absolute Gasteiger partial charge is 0.217 e. The Morgan fingerprint density at radius 2 is 1.95 bits per heavy atom. The average Bonchev–Trinajstić information content (AvgIpc) is 2.34. The summed E-state index contributed by atoms with van der Waals surface area (Å²) in [5.41, 5.74) is 2.70. The average molecular weight is 293 g/mol. The van der Waals surface area contributed by atoms with Crippen molar-refractivity contribution in [3.8, 4) is 0 Å². The van der Waals surface area contributed by atoms with Gasteiger partial charge in [-0.2, -0.15) is 0 Å². The molecule has 1 N–H and O–H groups in total. The van der Waals surface area contributed by atoms with Crippen molar-refractivity contribution in [2.45, 2.75) is 19.1 Å². The molecule has 4 nitrogen and oxygen atoms in total. The summed E-state index contributed by atoms with van der Waals surface area (Å²) < 4.78 is 24.3. The van der Waals surface area contributed by atoms with Crippen LogP contribution in [0.5, 0.6) is 0 Å². The van der Waals surface area contributed by atoms with Crippen LogP contribution in [0.25, 0.3) is 6.08 Å². The molecular formula is C15H19NO3S. The zero-order valence-electron chi connectivity index (χ0n) is 11.9. The largest absolute Gasteiger partial charge is 0.353 e. The van der Waals surface area contributed by atoms with Crippen molar-refractivity contribution in [2.75, 3.05) is 12.8 Å². The van der Waals surface area contributed by atoms with Crippen LogP contribution >= 0.6 is 0 Å². The van der Waals surface area contributed by atoms with Gasteiger partial charge in [-0.05, 0) is 22.6 Å². The van der Waals surface area contributed by atoms with Crippen LogP contribution in [0.4, 0.5) is 0 Å². The van der Waals surface area contributed by atoms with Gasteiger partial charge in [0.1, 0.15) is 0 Å². The van der Waals surface area contributed by atoms with Gasteiger partial charge in [0.05, 0.1) is 5.25 Å². The Hall–Kier alpha value is -1.62. The number of sulfone groups is 1. The maximum Gasteiger partial charge on any atom is 0.217 e. The van der Waals surface area contributed by atoms with E-state index in [9.17, 15) is 13.2 Å². The summed E-state index contributed by atoms with van der Waals surface area (Å²) in [6.45, 7) is 3.74. The van der Waals surface area contributed by atoms with Gasteiger partial charge in [-0.25, -0.2) is 8.42 Å². The van der Waals surface area contributed by atoms with E-state index in [0.29, 0.717) is 6.54 Å². The molecule has 0 saturated heterocycles. The molecule has 0 radical (unpaired) electrons. The summed E-state index contributed by atoms with van der Waals surface area (Å²) >= 11 is 0. The topological polar surface area (TPSA) is 63.2 Å². The van der Waals surface area contributed by atoms with Gasteiger partial charge >= 0.3 is 0 Å². The molecule has 1 aromatic rings. The van der Waals surface area contributed by atoms with Gasteiger partial charge in [0.25, 0.3) is 0 Å². The molecule has 0 saturated carbocycles. The molecular weight excluding hydrogens is 274 g/mol. The van der Waals surface area contributed by atoms with E-state index in [2.05, 4.69) is 5.32 Å². The lowest BCUT2D eigenvalue weighted by Crippen LogP contribution is -2.30. The van der Waals surface area contributed by atoms with Crippen LogP contribution in [0.1, 0.15) is 30.2 Å². The number of carbonyl (C=O) groups excluding carboxylic acids is 1. The third kappa shape index (κ3) is 2.93. The molecule has 1 unspecified atom stereocenters. The zero-order valence-corrected chi connectivity index (χ0v) is 12.7. The van der Waals surface area contributed by atoms with E-state index in [4.69, 9.17) is 0 Å². The van der Waals surface area contributed by atoms with Gasteiger partial charge < -0.3 is 5.32 Å². The Balaban J connectivity index is 2.47. The number of rotatable bonds is 3. The van der Waals surface area contributed by atoms with E-state index in [0.717, 1.165) is 16.7 Å². The number of benzene rings is 1. The normalized spacial score (nSPS) is 21.9. The third-order valence-electron chi connectivity index (χ3n) is 3.69. The fraction of sp³-hybridized carbons (Fsp3) is 0.400. The van der Waals surface area contributed by atoms with E-state index in [1.54, 1.807) is 0 Å². The second-order valence-electron chi connectivity index (χ2n) is 5.30. The maximum atomic E-state index is 12.1. The molecule has 0 aromatic heterocycles. The van der Waals surface area contributed by atoms with Crippen molar-refractivity contribution in [3.05, 3.63) is 41.0 Å². The predicted octanol–water partition coefficient (Wildman–Crippen LogP) is 1.94. The van der Waals surface area contributed by atoms with E-state index in [1.165, 1.54) is 13.2 Å². The predicted molar refractivity (Wildman–Crippen MR) is 79.9 cm³/mol. The summed E-state index contributed by atoms with van der Waals surface area (Å²) in [7, 11) is -3.21. The molecule has 5 heteroatoms. The molecule has 0 fully saturated rings. The minimum absolute atomic E-state index is 0.118. The van der Waals surface area contributed by atoms with Gasteiger partial charge in [-0.1, -0.05) is 37.3 Å². The second kappa shape index (κ2) is 5.40. The highest BCUT2D eigenvalue weighted by Crippen LogP contribution is 2.40. The van der Waals surface area contributed by atoms with E-state index < -0.39 is 15.1 Å². The summed E-state index contributed by atoms with van der Waals surface area (Å²) in [4.78, 5) is 11.1. The monoisotopic (exact) mass is 293 g/mol. The third-order valence-corrected chi connectivity index (χ3v) is 5.27. The van der Waals surface area contributed by atoms with E-state index >= 15 is 0 Å². The molecule has 2 atom stereocenters. The van der Waals surface area contributed by atoms with Gasteiger partial charge in [-0.15, -0.1) is 0 Å². The highest BCUT2D eigenvalue weighted by Gasteiger charge is 2.35. The summed E-state index contributed by atoms with van der Waals surface area (Å²) in [6, 6.07) is 7.52. The van der Waals surface area contributed by atoms with Gasteiger partial charge in [0, 0.05) is 19.7 Å². The van der Waals surface area contributed by atoms with Gasteiger partial charge in [-0.3, -0.25) is 4.79 Å². The molecule has 20 heavy (non-hydrogen) atoms. The van der Waals surface area contributed by atoms with E-state index in [-0.39, 0.29) is 11.8 Å². The number of hydrogen-bond acceptors (Lipinski definition) is 3. The first-order chi connectivity index (χ1) is 9.30. The van der Waals surface area contributed by atoms with Crippen molar-refractivity contribution in [3.63, 3.8) is 0 Å². The van der Waals surface area contributed by atoms with Crippen LogP contribution in [0.3, 0.4) is 0 Å². The summed E-state index contributed by atoms with van der Waals surface area (Å²) in [5.74, 6) is -0.264. The zero-order chi connectivity index (χ0) is 14.9.